The Morgan fingerprint density at radius 2 is 1.94 bits per heavy atom. The first-order chi connectivity index (χ1) is 8.35. The Balaban J connectivity index is 2.29. The minimum Gasteiger partial charge on any atom is -0.371 e. The summed E-state index contributed by atoms with van der Waals surface area (Å²) in [5.41, 5.74) is 7.38. The first-order valence-electron chi connectivity index (χ1n) is 6.48. The maximum absolute atomic E-state index is 11.9. The third kappa shape index (κ3) is 2.35. The molecular weight excluding hydrogens is 224 g/mol. The lowest BCUT2D eigenvalue weighted by atomic mass is 9.87. The summed E-state index contributed by atoms with van der Waals surface area (Å²) in [5, 5.41) is 3.40. The number of rotatable bonds is 3. The van der Waals surface area contributed by atoms with Gasteiger partial charge in [-0.2, -0.15) is 0 Å². The van der Waals surface area contributed by atoms with Gasteiger partial charge in [0.05, 0.1) is 0 Å². The van der Waals surface area contributed by atoms with Crippen LogP contribution in [-0.2, 0) is 4.79 Å². The monoisotopic (exact) mass is 246 g/mol. The molecule has 1 saturated carbocycles. The van der Waals surface area contributed by atoms with Crippen LogP contribution < -0.4 is 11.1 Å². The lowest BCUT2D eigenvalue weighted by Crippen LogP contribution is -2.49. The van der Waals surface area contributed by atoms with E-state index in [-0.39, 0.29) is 11.3 Å². The van der Waals surface area contributed by atoms with Gasteiger partial charge in [-0.3, -0.25) is 4.79 Å². The van der Waals surface area contributed by atoms with Gasteiger partial charge >= 0.3 is 0 Å². The van der Waals surface area contributed by atoms with E-state index in [1.165, 1.54) is 0 Å². The zero-order valence-electron chi connectivity index (χ0n) is 11.4. The van der Waals surface area contributed by atoms with Crippen molar-refractivity contribution < 1.29 is 4.79 Å². The van der Waals surface area contributed by atoms with Crippen LogP contribution >= 0.6 is 0 Å². The van der Waals surface area contributed by atoms with Crippen LogP contribution in [0.4, 0.5) is 5.69 Å². The van der Waals surface area contributed by atoms with Gasteiger partial charge in [-0.05, 0) is 43.2 Å². The van der Waals surface area contributed by atoms with E-state index in [1.54, 1.807) is 0 Å². The smallest absolute Gasteiger partial charge is 0.243 e. The molecule has 3 nitrogen and oxygen atoms in total. The number of hydrogen-bond acceptors (Lipinski definition) is 2. The lowest BCUT2D eigenvalue weighted by Gasteiger charge is -2.30. The lowest BCUT2D eigenvalue weighted by molar-refractivity contribution is -0.122. The minimum atomic E-state index is -0.588. The largest absolute Gasteiger partial charge is 0.371 e. The average molecular weight is 246 g/mol. The van der Waals surface area contributed by atoms with Crippen LogP contribution in [0.2, 0.25) is 0 Å². The van der Waals surface area contributed by atoms with Crippen LogP contribution in [0.5, 0.6) is 0 Å². The maximum Gasteiger partial charge on any atom is 0.243 e. The standard InChI is InChI=1S/C15H22N2O/c1-11-6-4-5-7-12(11)17-15(13(16)18)9-8-14(2,3)10-15/h4-7,17H,8-10H2,1-3H3,(H2,16,18). The summed E-state index contributed by atoms with van der Waals surface area (Å²) in [4.78, 5) is 11.9. The molecule has 3 N–H and O–H groups in total. The Morgan fingerprint density at radius 1 is 1.28 bits per heavy atom. The third-order valence-corrected chi connectivity index (χ3v) is 4.00. The van der Waals surface area contributed by atoms with Crippen molar-refractivity contribution in [1.29, 1.82) is 0 Å². The molecule has 1 aliphatic rings. The molecule has 18 heavy (non-hydrogen) atoms. The minimum absolute atomic E-state index is 0.171. The summed E-state index contributed by atoms with van der Waals surface area (Å²) in [7, 11) is 0. The first kappa shape index (κ1) is 12.9. The molecule has 0 aliphatic heterocycles. The van der Waals surface area contributed by atoms with Crippen LogP contribution in [0.1, 0.15) is 38.7 Å². The highest BCUT2D eigenvalue weighted by molar-refractivity contribution is 5.88. The fraction of sp³-hybridized carbons (Fsp3) is 0.533. The first-order valence-corrected chi connectivity index (χ1v) is 6.48. The molecule has 0 heterocycles. The van der Waals surface area contributed by atoms with Gasteiger partial charge in [0.25, 0.3) is 0 Å². The predicted octanol–water partition coefficient (Wildman–Crippen LogP) is 2.84. The van der Waals surface area contributed by atoms with Gasteiger partial charge in [-0.25, -0.2) is 0 Å². The second-order valence-corrected chi connectivity index (χ2v) is 6.23. The molecule has 1 fully saturated rings. The Bertz CT molecular complexity index is 467. The highest BCUT2D eigenvalue weighted by atomic mass is 16.1. The predicted molar refractivity (Wildman–Crippen MR) is 74.4 cm³/mol. The number of aryl methyl sites for hydroxylation is 1. The normalized spacial score (nSPS) is 25.9. The van der Waals surface area contributed by atoms with Gasteiger partial charge in [0.15, 0.2) is 0 Å². The fourth-order valence-electron chi connectivity index (χ4n) is 2.90. The number of para-hydroxylation sites is 1. The van der Waals surface area contributed by atoms with E-state index >= 15 is 0 Å². The van der Waals surface area contributed by atoms with Crippen molar-refractivity contribution in [3.63, 3.8) is 0 Å². The summed E-state index contributed by atoms with van der Waals surface area (Å²) in [6.45, 7) is 6.42. The van der Waals surface area contributed by atoms with E-state index in [2.05, 4.69) is 19.2 Å². The molecule has 1 aromatic carbocycles. The van der Waals surface area contributed by atoms with E-state index in [4.69, 9.17) is 5.73 Å². The van der Waals surface area contributed by atoms with Gasteiger partial charge in [-0.1, -0.05) is 32.0 Å². The number of amides is 1. The number of nitrogens with two attached hydrogens (primary N) is 1. The molecule has 98 valence electrons. The van der Waals surface area contributed by atoms with Crippen LogP contribution in [-0.4, -0.2) is 11.4 Å². The average Bonchev–Trinajstić information content (AvgIpc) is 2.59. The summed E-state index contributed by atoms with van der Waals surface area (Å²) >= 11 is 0. The molecule has 1 amide bonds. The molecule has 0 aromatic heterocycles. The topological polar surface area (TPSA) is 55.1 Å². The van der Waals surface area contributed by atoms with Gasteiger partial charge in [-0.15, -0.1) is 0 Å². The molecule has 0 spiro atoms. The Labute approximate surface area is 109 Å². The van der Waals surface area contributed by atoms with Crippen molar-refractivity contribution in [3.8, 4) is 0 Å². The Morgan fingerprint density at radius 3 is 2.44 bits per heavy atom. The molecule has 1 aromatic rings. The maximum atomic E-state index is 11.9. The molecule has 0 saturated heterocycles. The van der Waals surface area contributed by atoms with Crippen molar-refractivity contribution in [2.45, 2.75) is 45.6 Å². The molecule has 1 unspecified atom stereocenters. The van der Waals surface area contributed by atoms with Crippen LogP contribution in [0.15, 0.2) is 24.3 Å². The zero-order chi connectivity index (χ0) is 13.4. The quantitative estimate of drug-likeness (QED) is 0.861. The van der Waals surface area contributed by atoms with Crippen molar-refractivity contribution in [2.75, 3.05) is 5.32 Å². The van der Waals surface area contributed by atoms with E-state index in [0.717, 1.165) is 30.5 Å². The molecule has 2 rings (SSSR count). The van der Waals surface area contributed by atoms with E-state index in [9.17, 15) is 4.79 Å². The number of benzene rings is 1. The number of primary amides is 1. The summed E-state index contributed by atoms with van der Waals surface area (Å²) in [6.07, 6.45) is 2.63. The summed E-state index contributed by atoms with van der Waals surface area (Å²) in [6, 6.07) is 8.02. The second kappa shape index (κ2) is 4.30. The van der Waals surface area contributed by atoms with E-state index in [1.807, 2.05) is 31.2 Å². The van der Waals surface area contributed by atoms with Crippen molar-refractivity contribution in [3.05, 3.63) is 29.8 Å². The Kier molecular flexibility index (Phi) is 3.09. The molecule has 1 atom stereocenters. The number of hydrogen-bond donors (Lipinski definition) is 2. The number of anilines is 1. The SMILES string of the molecule is Cc1ccccc1NC1(C(N)=O)CCC(C)(C)C1. The van der Waals surface area contributed by atoms with Crippen molar-refractivity contribution in [1.82, 2.24) is 0 Å². The Hall–Kier alpha value is -1.51. The molecular formula is C15H22N2O. The van der Waals surface area contributed by atoms with Crippen LogP contribution in [0, 0.1) is 12.3 Å². The van der Waals surface area contributed by atoms with Crippen molar-refractivity contribution >= 4 is 11.6 Å². The van der Waals surface area contributed by atoms with Gasteiger partial charge in [0, 0.05) is 5.69 Å². The highest BCUT2D eigenvalue weighted by Crippen LogP contribution is 2.45. The van der Waals surface area contributed by atoms with Crippen molar-refractivity contribution in [2.24, 2.45) is 11.1 Å². The van der Waals surface area contributed by atoms with E-state index < -0.39 is 5.54 Å². The molecule has 1 aliphatic carbocycles. The van der Waals surface area contributed by atoms with E-state index in [0.29, 0.717) is 0 Å². The number of carbonyl (C=O) groups excluding carboxylic acids is 1. The number of nitrogens with one attached hydrogen (secondary N) is 1. The van der Waals surface area contributed by atoms with Crippen LogP contribution in [0.3, 0.4) is 0 Å². The third-order valence-electron chi connectivity index (χ3n) is 4.00. The molecule has 3 heteroatoms. The van der Waals surface area contributed by atoms with Crippen LogP contribution in [0.25, 0.3) is 0 Å². The highest BCUT2D eigenvalue weighted by Gasteiger charge is 2.47. The molecule has 0 radical (unpaired) electrons. The summed E-state index contributed by atoms with van der Waals surface area (Å²) < 4.78 is 0. The molecule has 0 bridgehead atoms. The fourth-order valence-corrected chi connectivity index (χ4v) is 2.90. The van der Waals surface area contributed by atoms with Gasteiger partial charge in [0.2, 0.25) is 5.91 Å². The second-order valence-electron chi connectivity index (χ2n) is 6.23. The summed E-state index contributed by atoms with van der Waals surface area (Å²) in [5.74, 6) is -0.240. The van der Waals surface area contributed by atoms with Gasteiger partial charge < -0.3 is 11.1 Å². The zero-order valence-corrected chi connectivity index (χ0v) is 11.4. The number of carbonyl (C=O) groups is 1. The van der Waals surface area contributed by atoms with Gasteiger partial charge in [0.1, 0.15) is 5.54 Å².